The zero-order valence-electron chi connectivity index (χ0n) is 13.0. The maximum Gasteiger partial charge on any atom is 0.265 e. The van der Waals surface area contributed by atoms with Crippen LogP contribution in [-0.4, -0.2) is 18.5 Å². The van der Waals surface area contributed by atoms with Crippen molar-refractivity contribution >= 4 is 28.6 Å². The Hall–Kier alpha value is -1.81. The standard InChI is InChI=1S/C17H22N2OS/c1-5-19(12(2)3)15-8-6-14(7-9-15)18-17(20)16-13(4)10-11-21-16/h6-12H,5H2,1-4H3,(H,18,20). The Bertz CT molecular complexity index is 602. The van der Waals surface area contributed by atoms with E-state index in [1.807, 2.05) is 30.5 Å². The van der Waals surface area contributed by atoms with E-state index in [4.69, 9.17) is 0 Å². The molecular formula is C17H22N2OS. The monoisotopic (exact) mass is 302 g/mol. The lowest BCUT2D eigenvalue weighted by Crippen LogP contribution is -2.30. The third-order valence-electron chi connectivity index (χ3n) is 3.49. The molecule has 2 rings (SSSR count). The van der Waals surface area contributed by atoms with Gasteiger partial charge in [-0.1, -0.05) is 0 Å². The van der Waals surface area contributed by atoms with E-state index >= 15 is 0 Å². The summed E-state index contributed by atoms with van der Waals surface area (Å²) in [6.07, 6.45) is 0. The molecule has 0 fully saturated rings. The van der Waals surface area contributed by atoms with Crippen molar-refractivity contribution in [3.8, 4) is 0 Å². The number of nitrogens with zero attached hydrogens (tertiary/aromatic N) is 1. The van der Waals surface area contributed by atoms with E-state index in [2.05, 4.69) is 43.1 Å². The molecule has 3 nitrogen and oxygen atoms in total. The van der Waals surface area contributed by atoms with Gasteiger partial charge in [0.05, 0.1) is 4.88 Å². The lowest BCUT2D eigenvalue weighted by atomic mass is 10.2. The van der Waals surface area contributed by atoms with Crippen LogP contribution >= 0.6 is 11.3 Å². The minimum Gasteiger partial charge on any atom is -0.369 e. The molecule has 0 aliphatic heterocycles. The van der Waals surface area contributed by atoms with Crippen molar-refractivity contribution in [2.45, 2.75) is 33.7 Å². The number of anilines is 2. The van der Waals surface area contributed by atoms with Crippen LogP contribution in [0.3, 0.4) is 0 Å². The number of hydrogen-bond acceptors (Lipinski definition) is 3. The molecule has 0 saturated carbocycles. The lowest BCUT2D eigenvalue weighted by molar-refractivity contribution is 0.103. The summed E-state index contributed by atoms with van der Waals surface area (Å²) in [7, 11) is 0. The maximum absolute atomic E-state index is 12.2. The van der Waals surface area contributed by atoms with Gasteiger partial charge in [0.1, 0.15) is 0 Å². The smallest absolute Gasteiger partial charge is 0.265 e. The van der Waals surface area contributed by atoms with Crippen molar-refractivity contribution in [2.24, 2.45) is 0 Å². The van der Waals surface area contributed by atoms with E-state index in [0.29, 0.717) is 6.04 Å². The average molecular weight is 302 g/mol. The predicted molar refractivity (Wildman–Crippen MR) is 91.6 cm³/mol. The van der Waals surface area contributed by atoms with Gasteiger partial charge >= 0.3 is 0 Å². The summed E-state index contributed by atoms with van der Waals surface area (Å²) in [5.74, 6) is -0.0357. The second-order valence-electron chi connectivity index (χ2n) is 5.31. The van der Waals surface area contributed by atoms with Crippen LogP contribution in [0, 0.1) is 6.92 Å². The molecule has 0 unspecified atom stereocenters. The minimum atomic E-state index is -0.0357. The highest BCUT2D eigenvalue weighted by molar-refractivity contribution is 7.12. The van der Waals surface area contributed by atoms with Crippen molar-refractivity contribution < 1.29 is 4.79 Å². The van der Waals surface area contributed by atoms with Crippen LogP contribution < -0.4 is 10.2 Å². The quantitative estimate of drug-likeness (QED) is 0.879. The van der Waals surface area contributed by atoms with E-state index in [1.54, 1.807) is 0 Å². The molecule has 1 aromatic carbocycles. The van der Waals surface area contributed by atoms with Crippen LogP contribution in [-0.2, 0) is 0 Å². The van der Waals surface area contributed by atoms with Gasteiger partial charge in [-0.15, -0.1) is 11.3 Å². The van der Waals surface area contributed by atoms with Gasteiger partial charge in [-0.05, 0) is 69.0 Å². The van der Waals surface area contributed by atoms with Crippen LogP contribution in [0.2, 0.25) is 0 Å². The second kappa shape index (κ2) is 6.76. The van der Waals surface area contributed by atoms with Gasteiger partial charge in [0.25, 0.3) is 5.91 Å². The molecule has 4 heteroatoms. The fourth-order valence-corrected chi connectivity index (χ4v) is 3.20. The van der Waals surface area contributed by atoms with Crippen molar-refractivity contribution in [3.63, 3.8) is 0 Å². The van der Waals surface area contributed by atoms with Crippen molar-refractivity contribution in [3.05, 3.63) is 46.2 Å². The Kier molecular flexibility index (Phi) is 5.02. The summed E-state index contributed by atoms with van der Waals surface area (Å²) in [5.41, 5.74) is 3.03. The van der Waals surface area contributed by atoms with Crippen LogP contribution in [0.5, 0.6) is 0 Å². The van der Waals surface area contributed by atoms with Gasteiger partial charge in [-0.25, -0.2) is 0 Å². The lowest BCUT2D eigenvalue weighted by Gasteiger charge is -2.27. The number of amides is 1. The molecule has 0 spiro atoms. The van der Waals surface area contributed by atoms with Gasteiger partial charge in [-0.2, -0.15) is 0 Å². The minimum absolute atomic E-state index is 0.0357. The highest BCUT2D eigenvalue weighted by atomic mass is 32.1. The fourth-order valence-electron chi connectivity index (χ4n) is 2.38. The average Bonchev–Trinajstić information content (AvgIpc) is 2.87. The largest absolute Gasteiger partial charge is 0.369 e. The Labute approximate surface area is 130 Å². The third-order valence-corrected chi connectivity index (χ3v) is 4.50. The molecule has 1 N–H and O–H groups in total. The molecule has 0 saturated heterocycles. The predicted octanol–water partition coefficient (Wildman–Crippen LogP) is 4.54. The molecule has 0 radical (unpaired) electrons. The maximum atomic E-state index is 12.2. The summed E-state index contributed by atoms with van der Waals surface area (Å²) in [4.78, 5) is 15.3. The number of carbonyl (C=O) groups is 1. The van der Waals surface area contributed by atoms with E-state index < -0.39 is 0 Å². The van der Waals surface area contributed by atoms with Gasteiger partial charge in [0.15, 0.2) is 0 Å². The summed E-state index contributed by atoms with van der Waals surface area (Å²) >= 11 is 1.47. The summed E-state index contributed by atoms with van der Waals surface area (Å²) in [6.45, 7) is 9.43. The van der Waals surface area contributed by atoms with Crippen LogP contribution in [0.1, 0.15) is 36.0 Å². The first kappa shape index (κ1) is 15.6. The van der Waals surface area contributed by atoms with Crippen molar-refractivity contribution in [1.82, 2.24) is 0 Å². The SMILES string of the molecule is CCN(c1ccc(NC(=O)c2sccc2C)cc1)C(C)C. The van der Waals surface area contributed by atoms with Gasteiger partial charge in [0, 0.05) is 24.0 Å². The number of benzene rings is 1. The highest BCUT2D eigenvalue weighted by Crippen LogP contribution is 2.22. The zero-order chi connectivity index (χ0) is 15.4. The molecule has 21 heavy (non-hydrogen) atoms. The third kappa shape index (κ3) is 3.64. The molecule has 0 bridgehead atoms. The number of nitrogens with one attached hydrogen (secondary N) is 1. The molecule has 0 aliphatic carbocycles. The van der Waals surface area contributed by atoms with E-state index in [0.717, 1.165) is 22.7 Å². The van der Waals surface area contributed by atoms with Crippen molar-refractivity contribution in [2.75, 3.05) is 16.8 Å². The molecule has 0 atom stereocenters. The fraction of sp³-hybridized carbons (Fsp3) is 0.353. The molecular weight excluding hydrogens is 280 g/mol. The first-order valence-corrected chi connectivity index (χ1v) is 8.13. The molecule has 0 aliphatic rings. The van der Waals surface area contributed by atoms with Gasteiger partial charge in [-0.3, -0.25) is 4.79 Å². The van der Waals surface area contributed by atoms with Gasteiger partial charge < -0.3 is 10.2 Å². The van der Waals surface area contributed by atoms with Crippen LogP contribution in [0.25, 0.3) is 0 Å². The second-order valence-corrected chi connectivity index (χ2v) is 6.23. The summed E-state index contributed by atoms with van der Waals surface area (Å²) in [6, 6.07) is 10.5. The first-order valence-electron chi connectivity index (χ1n) is 7.25. The number of carbonyl (C=O) groups excluding carboxylic acids is 1. The topological polar surface area (TPSA) is 32.3 Å². The molecule has 1 heterocycles. The number of aryl methyl sites for hydroxylation is 1. The highest BCUT2D eigenvalue weighted by Gasteiger charge is 2.11. The van der Waals surface area contributed by atoms with E-state index in [1.165, 1.54) is 17.0 Å². The van der Waals surface area contributed by atoms with E-state index in [9.17, 15) is 4.79 Å². The Morgan fingerprint density at radius 2 is 1.90 bits per heavy atom. The normalized spacial score (nSPS) is 10.7. The number of rotatable bonds is 5. The van der Waals surface area contributed by atoms with Crippen LogP contribution in [0.15, 0.2) is 35.7 Å². The van der Waals surface area contributed by atoms with Crippen molar-refractivity contribution in [1.29, 1.82) is 0 Å². The Morgan fingerprint density at radius 1 is 1.24 bits per heavy atom. The number of thiophene rings is 1. The molecule has 2 aromatic rings. The van der Waals surface area contributed by atoms with Gasteiger partial charge in [0.2, 0.25) is 0 Å². The molecule has 1 aromatic heterocycles. The summed E-state index contributed by atoms with van der Waals surface area (Å²) in [5, 5.41) is 4.89. The Morgan fingerprint density at radius 3 is 2.38 bits per heavy atom. The number of hydrogen-bond donors (Lipinski definition) is 1. The first-order chi connectivity index (χ1) is 10.0. The van der Waals surface area contributed by atoms with E-state index in [-0.39, 0.29) is 5.91 Å². The summed E-state index contributed by atoms with van der Waals surface area (Å²) < 4.78 is 0. The zero-order valence-corrected chi connectivity index (χ0v) is 13.8. The van der Waals surface area contributed by atoms with Crippen LogP contribution in [0.4, 0.5) is 11.4 Å². The Balaban J connectivity index is 2.09. The molecule has 1 amide bonds. The molecule has 112 valence electrons.